The summed E-state index contributed by atoms with van der Waals surface area (Å²) in [4.78, 5) is 15.9. The van der Waals surface area contributed by atoms with E-state index in [-0.39, 0.29) is 28.3 Å². The number of carbonyl (C=O) groups is 1. The molecule has 0 aliphatic carbocycles. The van der Waals surface area contributed by atoms with Gasteiger partial charge < -0.3 is 4.52 Å². The minimum Gasteiger partial charge on any atom is -0.334 e. The van der Waals surface area contributed by atoms with E-state index >= 15 is 0 Å². The van der Waals surface area contributed by atoms with Crippen molar-refractivity contribution in [1.82, 2.24) is 14.4 Å². The van der Waals surface area contributed by atoms with E-state index in [0.29, 0.717) is 42.9 Å². The van der Waals surface area contributed by atoms with Gasteiger partial charge in [-0.15, -0.1) is 0 Å². The van der Waals surface area contributed by atoms with Crippen molar-refractivity contribution in [3.05, 3.63) is 65.7 Å². The van der Waals surface area contributed by atoms with Crippen molar-refractivity contribution in [2.24, 2.45) is 0 Å². The third-order valence-electron chi connectivity index (χ3n) is 5.23. The second kappa shape index (κ2) is 8.08. The molecular weight excluding hydrogens is 409 g/mol. The summed E-state index contributed by atoms with van der Waals surface area (Å²) >= 11 is 0. The number of rotatable bonds is 5. The summed E-state index contributed by atoms with van der Waals surface area (Å²) < 4.78 is 45.9. The first-order valence-electron chi connectivity index (χ1n) is 9.55. The summed E-state index contributed by atoms with van der Waals surface area (Å²) in [5, 5.41) is 4.01. The maximum Gasteiger partial charge on any atom is 0.258 e. The van der Waals surface area contributed by atoms with Gasteiger partial charge in [0.2, 0.25) is 10.0 Å². The van der Waals surface area contributed by atoms with Gasteiger partial charge in [0, 0.05) is 30.1 Å². The molecule has 156 valence electrons. The second-order valence-electron chi connectivity index (χ2n) is 7.23. The fourth-order valence-corrected chi connectivity index (χ4v) is 4.97. The first-order chi connectivity index (χ1) is 14.3. The van der Waals surface area contributed by atoms with E-state index in [1.165, 1.54) is 47.6 Å². The van der Waals surface area contributed by atoms with Crippen LogP contribution in [-0.2, 0) is 10.0 Å². The molecule has 0 atom stereocenters. The first kappa shape index (κ1) is 20.4. The van der Waals surface area contributed by atoms with E-state index in [1.807, 2.05) is 0 Å². The lowest BCUT2D eigenvalue weighted by Gasteiger charge is -2.29. The van der Waals surface area contributed by atoms with Gasteiger partial charge in [0.1, 0.15) is 5.82 Å². The smallest absolute Gasteiger partial charge is 0.258 e. The van der Waals surface area contributed by atoms with Crippen LogP contribution in [0, 0.1) is 5.82 Å². The number of nitrogens with zero attached hydrogens (tertiary/aromatic N) is 3. The number of hydrogen-bond acceptors (Lipinski definition) is 6. The molecule has 0 saturated carbocycles. The van der Waals surface area contributed by atoms with Crippen molar-refractivity contribution >= 4 is 15.8 Å². The molecule has 0 bridgehead atoms. The van der Waals surface area contributed by atoms with Crippen molar-refractivity contribution in [2.75, 3.05) is 13.1 Å². The molecule has 1 fully saturated rings. The Morgan fingerprint density at radius 3 is 2.47 bits per heavy atom. The molecule has 9 heteroatoms. The average Bonchev–Trinajstić information content (AvgIpc) is 3.24. The number of piperidine rings is 1. The lowest BCUT2D eigenvalue weighted by atomic mass is 9.97. The Bertz CT molecular complexity index is 1170. The third kappa shape index (κ3) is 4.03. The van der Waals surface area contributed by atoms with Gasteiger partial charge in [-0.2, -0.15) is 9.29 Å². The number of sulfonamides is 1. The molecule has 0 N–H and O–H groups in total. The van der Waals surface area contributed by atoms with Gasteiger partial charge in [0.15, 0.2) is 11.6 Å². The number of aromatic nitrogens is 2. The van der Waals surface area contributed by atoms with Gasteiger partial charge in [0.25, 0.3) is 5.89 Å². The fraction of sp³-hybridized carbons (Fsp3) is 0.286. The Hall–Kier alpha value is -2.91. The second-order valence-corrected chi connectivity index (χ2v) is 9.16. The van der Waals surface area contributed by atoms with Gasteiger partial charge in [-0.05, 0) is 50.1 Å². The highest BCUT2D eigenvalue weighted by atomic mass is 32.2. The maximum atomic E-state index is 13.4. The van der Waals surface area contributed by atoms with Crippen molar-refractivity contribution in [3.63, 3.8) is 0 Å². The van der Waals surface area contributed by atoms with E-state index in [1.54, 1.807) is 12.1 Å². The minimum atomic E-state index is -3.64. The predicted octanol–water partition coefficient (Wildman–Crippen LogP) is 3.65. The Labute approximate surface area is 173 Å². The molecule has 1 aromatic heterocycles. The van der Waals surface area contributed by atoms with E-state index in [9.17, 15) is 17.6 Å². The Balaban J connectivity index is 1.44. The normalized spacial score (nSPS) is 15.9. The van der Waals surface area contributed by atoms with E-state index in [2.05, 4.69) is 10.1 Å². The average molecular weight is 429 g/mol. The zero-order valence-electron chi connectivity index (χ0n) is 16.3. The predicted molar refractivity (Wildman–Crippen MR) is 107 cm³/mol. The lowest BCUT2D eigenvalue weighted by Crippen LogP contribution is -2.38. The topological polar surface area (TPSA) is 93.4 Å². The summed E-state index contributed by atoms with van der Waals surface area (Å²) in [5.74, 6) is 0.199. The van der Waals surface area contributed by atoms with Crippen LogP contribution < -0.4 is 0 Å². The quantitative estimate of drug-likeness (QED) is 0.575. The monoisotopic (exact) mass is 429 g/mol. The third-order valence-corrected chi connectivity index (χ3v) is 7.14. The largest absolute Gasteiger partial charge is 0.334 e. The van der Waals surface area contributed by atoms with Crippen LogP contribution in [0.15, 0.2) is 57.9 Å². The molecule has 2 heterocycles. The Kier molecular flexibility index (Phi) is 5.48. The molecule has 4 rings (SSSR count). The molecule has 0 radical (unpaired) electrons. The van der Waals surface area contributed by atoms with Gasteiger partial charge in [-0.3, -0.25) is 4.79 Å². The van der Waals surface area contributed by atoms with Gasteiger partial charge in [0.05, 0.1) is 4.90 Å². The summed E-state index contributed by atoms with van der Waals surface area (Å²) in [5.41, 5.74) is 0.974. The molecular formula is C21H20FN3O4S. The SMILES string of the molecule is CC(=O)c1ccc(S(=O)(=O)N2CCC(c3noc(-c4cccc(F)c4)n3)CC2)cc1. The van der Waals surface area contributed by atoms with Crippen LogP contribution >= 0.6 is 0 Å². The molecule has 0 spiro atoms. The fourth-order valence-electron chi connectivity index (χ4n) is 3.50. The molecule has 0 amide bonds. The van der Waals surface area contributed by atoms with Crippen molar-refractivity contribution in [3.8, 4) is 11.5 Å². The standard InChI is InChI=1S/C21H20FN3O4S/c1-14(26)15-5-7-19(8-6-15)30(27,28)25-11-9-16(10-12-25)20-23-21(29-24-20)17-3-2-4-18(22)13-17/h2-8,13,16H,9-12H2,1H3. The molecule has 3 aromatic rings. The highest BCUT2D eigenvalue weighted by Gasteiger charge is 2.32. The maximum absolute atomic E-state index is 13.4. The lowest BCUT2D eigenvalue weighted by molar-refractivity contribution is 0.101. The van der Waals surface area contributed by atoms with Crippen LogP contribution in [0.5, 0.6) is 0 Å². The zero-order valence-corrected chi connectivity index (χ0v) is 17.1. The Morgan fingerprint density at radius 2 is 1.83 bits per heavy atom. The summed E-state index contributed by atoms with van der Waals surface area (Å²) in [6.07, 6.45) is 1.10. The molecule has 1 aliphatic heterocycles. The number of carbonyl (C=O) groups excluding carboxylic acids is 1. The van der Waals surface area contributed by atoms with Crippen LogP contribution in [0.4, 0.5) is 4.39 Å². The highest BCUT2D eigenvalue weighted by molar-refractivity contribution is 7.89. The van der Waals surface area contributed by atoms with E-state index in [0.717, 1.165) is 0 Å². The van der Waals surface area contributed by atoms with Crippen LogP contribution in [0.25, 0.3) is 11.5 Å². The summed E-state index contributed by atoms with van der Waals surface area (Å²) in [6, 6.07) is 11.9. The van der Waals surface area contributed by atoms with Gasteiger partial charge in [-0.1, -0.05) is 23.4 Å². The minimum absolute atomic E-state index is 0.0393. The van der Waals surface area contributed by atoms with Crippen LogP contribution in [0.2, 0.25) is 0 Å². The number of ketones is 1. The van der Waals surface area contributed by atoms with Crippen molar-refractivity contribution < 1.29 is 22.1 Å². The van der Waals surface area contributed by atoms with Crippen LogP contribution in [0.3, 0.4) is 0 Å². The molecule has 1 saturated heterocycles. The molecule has 2 aromatic carbocycles. The number of Topliss-reactive ketones (excluding diaryl/α,β-unsaturated/α-hetero) is 1. The van der Waals surface area contributed by atoms with E-state index < -0.39 is 10.0 Å². The Morgan fingerprint density at radius 1 is 1.13 bits per heavy atom. The summed E-state index contributed by atoms with van der Waals surface area (Å²) in [6.45, 7) is 2.09. The number of hydrogen-bond donors (Lipinski definition) is 0. The van der Waals surface area contributed by atoms with Gasteiger partial charge >= 0.3 is 0 Å². The van der Waals surface area contributed by atoms with Crippen molar-refractivity contribution in [2.45, 2.75) is 30.6 Å². The van der Waals surface area contributed by atoms with Crippen LogP contribution in [0.1, 0.15) is 41.9 Å². The molecule has 30 heavy (non-hydrogen) atoms. The summed E-state index contributed by atoms with van der Waals surface area (Å²) in [7, 11) is -3.64. The highest BCUT2D eigenvalue weighted by Crippen LogP contribution is 2.30. The zero-order chi connectivity index (χ0) is 21.3. The van der Waals surface area contributed by atoms with Crippen molar-refractivity contribution in [1.29, 1.82) is 0 Å². The van der Waals surface area contributed by atoms with Crippen LogP contribution in [-0.4, -0.2) is 41.7 Å². The molecule has 0 unspecified atom stereocenters. The molecule has 7 nitrogen and oxygen atoms in total. The first-order valence-corrected chi connectivity index (χ1v) is 11.0. The van der Waals surface area contributed by atoms with Gasteiger partial charge in [-0.25, -0.2) is 12.8 Å². The van der Waals surface area contributed by atoms with E-state index in [4.69, 9.17) is 4.52 Å². The number of halogens is 1. The number of benzene rings is 2. The molecule has 1 aliphatic rings.